The predicted molar refractivity (Wildman–Crippen MR) is 70.0 cm³/mol. The van der Waals surface area contributed by atoms with Crippen molar-refractivity contribution in [3.05, 3.63) is 57.2 Å². The molecule has 0 saturated heterocycles. The lowest BCUT2D eigenvalue weighted by Crippen LogP contribution is -1.97. The molecule has 0 unspecified atom stereocenters. The van der Waals surface area contributed by atoms with Gasteiger partial charge in [-0.25, -0.2) is 4.98 Å². The second-order valence-electron chi connectivity index (χ2n) is 3.32. The number of hydrogen-bond acceptors (Lipinski definition) is 2. The summed E-state index contributed by atoms with van der Waals surface area (Å²) in [4.78, 5) is 4.01. The Hall–Kier alpha value is -0.960. The molecule has 2 nitrogen and oxygen atoms in total. The van der Waals surface area contributed by atoms with Crippen LogP contribution in [0.5, 0.6) is 5.88 Å². The molecule has 0 amide bonds. The minimum atomic E-state index is 0.323. The molecular weight excluding hydrogens is 280 g/mol. The molecule has 0 aliphatic rings. The molecule has 2 aromatic rings. The van der Waals surface area contributed by atoms with E-state index in [1.807, 2.05) is 6.07 Å². The third-order valence-electron chi connectivity index (χ3n) is 2.08. The van der Waals surface area contributed by atoms with E-state index in [1.165, 1.54) is 0 Å². The molecule has 0 aliphatic heterocycles. The highest BCUT2D eigenvalue weighted by molar-refractivity contribution is 6.35. The van der Waals surface area contributed by atoms with Gasteiger partial charge < -0.3 is 4.74 Å². The molecular formula is C12H8Cl3NO. The minimum absolute atomic E-state index is 0.323. The fourth-order valence-corrected chi connectivity index (χ4v) is 1.88. The van der Waals surface area contributed by atoms with Crippen LogP contribution in [0.3, 0.4) is 0 Å². The van der Waals surface area contributed by atoms with E-state index in [0.29, 0.717) is 27.7 Å². The van der Waals surface area contributed by atoms with Crippen molar-refractivity contribution in [1.82, 2.24) is 4.98 Å². The van der Waals surface area contributed by atoms with Crippen LogP contribution in [0.2, 0.25) is 15.2 Å². The Morgan fingerprint density at radius 1 is 1.06 bits per heavy atom. The molecule has 0 atom stereocenters. The average Bonchev–Trinajstić information content (AvgIpc) is 2.28. The van der Waals surface area contributed by atoms with Gasteiger partial charge in [-0.15, -0.1) is 0 Å². The Balaban J connectivity index is 2.07. The number of aromatic nitrogens is 1. The third kappa shape index (κ3) is 3.50. The van der Waals surface area contributed by atoms with Crippen molar-refractivity contribution in [3.8, 4) is 5.88 Å². The van der Waals surface area contributed by atoms with Crippen molar-refractivity contribution >= 4 is 34.8 Å². The standard InChI is InChI=1S/C12H8Cl3NO/c13-9-5-4-8(10(14)6-9)7-17-12-3-1-2-11(15)16-12/h1-6H,7H2. The molecule has 1 heterocycles. The van der Waals surface area contributed by atoms with Crippen LogP contribution in [0.15, 0.2) is 36.4 Å². The summed E-state index contributed by atoms with van der Waals surface area (Å²) in [7, 11) is 0. The van der Waals surface area contributed by atoms with Crippen molar-refractivity contribution < 1.29 is 4.74 Å². The zero-order chi connectivity index (χ0) is 12.3. The van der Waals surface area contributed by atoms with E-state index in [4.69, 9.17) is 39.5 Å². The maximum Gasteiger partial charge on any atom is 0.214 e. The quantitative estimate of drug-likeness (QED) is 0.769. The first-order chi connectivity index (χ1) is 8.15. The van der Waals surface area contributed by atoms with Gasteiger partial charge >= 0.3 is 0 Å². The van der Waals surface area contributed by atoms with Crippen LogP contribution < -0.4 is 4.74 Å². The van der Waals surface area contributed by atoms with E-state index in [0.717, 1.165) is 5.56 Å². The van der Waals surface area contributed by atoms with Crippen molar-refractivity contribution in [1.29, 1.82) is 0 Å². The molecule has 0 N–H and O–H groups in total. The Kier molecular flexibility index (Phi) is 4.11. The van der Waals surface area contributed by atoms with E-state index in [-0.39, 0.29) is 0 Å². The smallest absolute Gasteiger partial charge is 0.214 e. The number of hydrogen-bond donors (Lipinski definition) is 0. The number of benzene rings is 1. The zero-order valence-electron chi connectivity index (χ0n) is 8.66. The second kappa shape index (κ2) is 5.58. The normalized spacial score (nSPS) is 10.3. The van der Waals surface area contributed by atoms with Gasteiger partial charge in [0.15, 0.2) is 0 Å². The SMILES string of the molecule is Clc1ccc(COc2cccc(Cl)n2)c(Cl)c1. The van der Waals surface area contributed by atoms with Gasteiger partial charge in [-0.2, -0.15) is 0 Å². The first kappa shape index (κ1) is 12.5. The van der Waals surface area contributed by atoms with E-state index in [1.54, 1.807) is 30.3 Å². The predicted octanol–water partition coefficient (Wildman–Crippen LogP) is 4.62. The second-order valence-corrected chi connectivity index (χ2v) is 4.55. The molecule has 0 fully saturated rings. The highest BCUT2D eigenvalue weighted by Crippen LogP contribution is 2.22. The highest BCUT2D eigenvalue weighted by Gasteiger charge is 2.03. The molecule has 5 heteroatoms. The molecule has 1 aromatic carbocycles. The summed E-state index contributed by atoms with van der Waals surface area (Å²) >= 11 is 17.6. The van der Waals surface area contributed by atoms with Gasteiger partial charge in [0.2, 0.25) is 5.88 Å². The number of halogens is 3. The number of pyridine rings is 1. The van der Waals surface area contributed by atoms with Gasteiger partial charge in [-0.05, 0) is 18.2 Å². The highest BCUT2D eigenvalue weighted by atomic mass is 35.5. The van der Waals surface area contributed by atoms with Crippen LogP contribution >= 0.6 is 34.8 Å². The summed E-state index contributed by atoms with van der Waals surface area (Å²) in [6.07, 6.45) is 0. The summed E-state index contributed by atoms with van der Waals surface area (Å²) in [6.45, 7) is 0.323. The molecule has 88 valence electrons. The maximum absolute atomic E-state index is 6.02. The molecule has 1 aromatic heterocycles. The van der Waals surface area contributed by atoms with Gasteiger partial charge in [0, 0.05) is 21.7 Å². The summed E-state index contributed by atoms with van der Waals surface area (Å²) in [6, 6.07) is 10.4. The summed E-state index contributed by atoms with van der Waals surface area (Å²) in [5, 5.41) is 1.56. The molecule has 0 bridgehead atoms. The van der Waals surface area contributed by atoms with Crippen molar-refractivity contribution in [2.75, 3.05) is 0 Å². The molecule has 0 aliphatic carbocycles. The Bertz CT molecular complexity index is 531. The van der Waals surface area contributed by atoms with Gasteiger partial charge in [0.05, 0.1) is 0 Å². The summed E-state index contributed by atoms with van der Waals surface area (Å²) in [5.74, 6) is 0.462. The molecule has 0 spiro atoms. The Labute approximate surface area is 114 Å². The molecule has 2 rings (SSSR count). The maximum atomic E-state index is 6.02. The van der Waals surface area contributed by atoms with Crippen LogP contribution in [-0.2, 0) is 6.61 Å². The molecule has 17 heavy (non-hydrogen) atoms. The Morgan fingerprint density at radius 3 is 2.59 bits per heavy atom. The van der Waals surface area contributed by atoms with Gasteiger partial charge in [-0.3, -0.25) is 0 Å². The van der Waals surface area contributed by atoms with Crippen LogP contribution in [0.25, 0.3) is 0 Å². The fraction of sp³-hybridized carbons (Fsp3) is 0.0833. The van der Waals surface area contributed by atoms with Crippen molar-refractivity contribution in [2.24, 2.45) is 0 Å². The first-order valence-corrected chi connectivity index (χ1v) is 5.98. The number of rotatable bonds is 3. The van der Waals surface area contributed by atoms with Gasteiger partial charge in [0.25, 0.3) is 0 Å². The Morgan fingerprint density at radius 2 is 1.88 bits per heavy atom. The fourth-order valence-electron chi connectivity index (χ4n) is 1.26. The summed E-state index contributed by atoms with van der Waals surface area (Å²) < 4.78 is 5.47. The van der Waals surface area contributed by atoms with Gasteiger partial charge in [0.1, 0.15) is 11.8 Å². The van der Waals surface area contributed by atoms with Crippen molar-refractivity contribution in [2.45, 2.75) is 6.61 Å². The monoisotopic (exact) mass is 287 g/mol. The van der Waals surface area contributed by atoms with E-state index < -0.39 is 0 Å². The number of ether oxygens (including phenoxy) is 1. The number of nitrogens with zero attached hydrogens (tertiary/aromatic N) is 1. The minimum Gasteiger partial charge on any atom is -0.473 e. The topological polar surface area (TPSA) is 22.1 Å². The summed E-state index contributed by atoms with van der Waals surface area (Å²) in [5.41, 5.74) is 0.845. The lowest BCUT2D eigenvalue weighted by atomic mass is 10.2. The lowest BCUT2D eigenvalue weighted by molar-refractivity contribution is 0.294. The van der Waals surface area contributed by atoms with Crippen LogP contribution in [0.4, 0.5) is 0 Å². The van der Waals surface area contributed by atoms with Crippen LogP contribution in [0, 0.1) is 0 Å². The van der Waals surface area contributed by atoms with E-state index in [2.05, 4.69) is 4.98 Å². The lowest BCUT2D eigenvalue weighted by Gasteiger charge is -2.07. The molecule has 0 radical (unpaired) electrons. The average molecular weight is 289 g/mol. The largest absolute Gasteiger partial charge is 0.473 e. The van der Waals surface area contributed by atoms with E-state index >= 15 is 0 Å². The van der Waals surface area contributed by atoms with Crippen LogP contribution in [0.1, 0.15) is 5.56 Å². The van der Waals surface area contributed by atoms with Crippen LogP contribution in [-0.4, -0.2) is 4.98 Å². The van der Waals surface area contributed by atoms with Gasteiger partial charge in [-0.1, -0.05) is 46.9 Å². The van der Waals surface area contributed by atoms with Crippen molar-refractivity contribution in [3.63, 3.8) is 0 Å². The third-order valence-corrected chi connectivity index (χ3v) is 2.88. The molecule has 0 saturated carbocycles. The first-order valence-electron chi connectivity index (χ1n) is 4.84. The zero-order valence-corrected chi connectivity index (χ0v) is 10.9. The van der Waals surface area contributed by atoms with E-state index in [9.17, 15) is 0 Å².